The molecule has 5 heteroatoms. The molecule has 0 unspecified atom stereocenters. The molecule has 1 aromatic heterocycles. The summed E-state index contributed by atoms with van der Waals surface area (Å²) in [6.07, 6.45) is 2.72. The van der Waals surface area contributed by atoms with Crippen LogP contribution in [-0.4, -0.2) is 19.5 Å². The molecule has 0 amide bonds. The smallest absolute Gasteiger partial charge is 0.240 e. The molecule has 0 bridgehead atoms. The lowest BCUT2D eigenvalue weighted by molar-refractivity contribution is 0.581. The summed E-state index contributed by atoms with van der Waals surface area (Å²) in [5.41, 5.74) is 2.30. The van der Waals surface area contributed by atoms with Crippen molar-refractivity contribution in [2.24, 2.45) is 7.05 Å². The van der Waals surface area contributed by atoms with Gasteiger partial charge in [0.25, 0.3) is 0 Å². The van der Waals surface area contributed by atoms with Crippen molar-refractivity contribution in [3.63, 3.8) is 0 Å². The molecule has 0 fully saturated rings. The van der Waals surface area contributed by atoms with Gasteiger partial charge >= 0.3 is 0 Å². The minimum absolute atomic E-state index is 0.299. The highest BCUT2D eigenvalue weighted by atomic mass is 32.2. The fraction of sp³-hybridized carbons (Fsp3) is 0.176. The van der Waals surface area contributed by atoms with Crippen molar-refractivity contribution in [1.29, 1.82) is 0 Å². The lowest BCUT2D eigenvalue weighted by Gasteiger charge is -2.06. The maximum absolute atomic E-state index is 12.2. The largest absolute Gasteiger partial charge is 0.350 e. The molecule has 0 radical (unpaired) electrons. The van der Waals surface area contributed by atoms with Gasteiger partial charge in [-0.2, -0.15) is 0 Å². The van der Waals surface area contributed by atoms with Gasteiger partial charge in [-0.05, 0) is 30.2 Å². The number of benzene rings is 2. The molecular formula is C17H18N2O2S. The van der Waals surface area contributed by atoms with Crippen LogP contribution >= 0.6 is 0 Å². The predicted molar refractivity (Wildman–Crippen MR) is 88.3 cm³/mol. The summed E-state index contributed by atoms with van der Waals surface area (Å²) in [6, 6.07) is 16.6. The van der Waals surface area contributed by atoms with Gasteiger partial charge in [0.15, 0.2) is 0 Å². The van der Waals surface area contributed by atoms with E-state index in [4.69, 9.17) is 0 Å². The zero-order valence-corrected chi connectivity index (χ0v) is 13.2. The van der Waals surface area contributed by atoms with E-state index in [-0.39, 0.29) is 0 Å². The molecule has 4 nitrogen and oxygen atoms in total. The number of hydrogen-bond acceptors (Lipinski definition) is 2. The summed E-state index contributed by atoms with van der Waals surface area (Å²) in [5.74, 6) is 0. The average molecular weight is 314 g/mol. The van der Waals surface area contributed by atoms with Crippen molar-refractivity contribution in [3.8, 4) is 0 Å². The van der Waals surface area contributed by atoms with Gasteiger partial charge < -0.3 is 4.57 Å². The average Bonchev–Trinajstić information content (AvgIpc) is 2.85. The van der Waals surface area contributed by atoms with Crippen molar-refractivity contribution in [1.82, 2.24) is 9.29 Å². The third-order valence-electron chi connectivity index (χ3n) is 3.72. The molecule has 1 heterocycles. The first-order valence-corrected chi connectivity index (χ1v) is 8.64. The molecule has 3 aromatic rings. The molecule has 0 saturated heterocycles. The van der Waals surface area contributed by atoms with Crippen molar-refractivity contribution in [2.45, 2.75) is 11.3 Å². The molecule has 0 aliphatic rings. The Morgan fingerprint density at radius 1 is 1.00 bits per heavy atom. The van der Waals surface area contributed by atoms with E-state index < -0.39 is 10.0 Å². The van der Waals surface area contributed by atoms with E-state index in [9.17, 15) is 8.42 Å². The second-order valence-corrected chi connectivity index (χ2v) is 7.01. The normalized spacial score (nSPS) is 11.9. The minimum Gasteiger partial charge on any atom is -0.350 e. The van der Waals surface area contributed by atoms with Crippen LogP contribution in [0.2, 0.25) is 0 Å². The first-order valence-electron chi connectivity index (χ1n) is 7.15. The summed E-state index contributed by atoms with van der Waals surface area (Å²) in [5, 5.41) is 1.17. The monoisotopic (exact) mass is 314 g/mol. The van der Waals surface area contributed by atoms with E-state index in [0.29, 0.717) is 17.9 Å². The lowest BCUT2D eigenvalue weighted by Crippen LogP contribution is -2.25. The minimum atomic E-state index is -3.43. The number of para-hydroxylation sites is 1. The van der Waals surface area contributed by atoms with Crippen LogP contribution in [0, 0.1) is 0 Å². The summed E-state index contributed by atoms with van der Waals surface area (Å²) in [4.78, 5) is 0.299. The zero-order chi connectivity index (χ0) is 15.6. The quantitative estimate of drug-likeness (QED) is 0.787. The third-order valence-corrected chi connectivity index (χ3v) is 5.20. The van der Waals surface area contributed by atoms with Gasteiger partial charge in [0.05, 0.1) is 4.90 Å². The van der Waals surface area contributed by atoms with Crippen LogP contribution in [0.15, 0.2) is 65.7 Å². The van der Waals surface area contributed by atoms with Gasteiger partial charge in [-0.15, -0.1) is 0 Å². The van der Waals surface area contributed by atoms with Crippen LogP contribution in [0.25, 0.3) is 10.9 Å². The van der Waals surface area contributed by atoms with E-state index >= 15 is 0 Å². The molecule has 3 rings (SSSR count). The van der Waals surface area contributed by atoms with E-state index in [0.717, 1.165) is 11.1 Å². The van der Waals surface area contributed by atoms with Crippen LogP contribution in [-0.2, 0) is 23.5 Å². The molecular weight excluding hydrogens is 296 g/mol. The van der Waals surface area contributed by atoms with Crippen molar-refractivity contribution in [3.05, 3.63) is 66.4 Å². The van der Waals surface area contributed by atoms with Gasteiger partial charge in [-0.3, -0.25) is 0 Å². The van der Waals surface area contributed by atoms with Gasteiger partial charge in [0.1, 0.15) is 0 Å². The number of nitrogens with one attached hydrogen (secondary N) is 1. The molecule has 22 heavy (non-hydrogen) atoms. The number of rotatable bonds is 5. The Hall–Kier alpha value is -2.11. The van der Waals surface area contributed by atoms with Crippen LogP contribution in [0.5, 0.6) is 0 Å². The Balaban J connectivity index is 1.73. The summed E-state index contributed by atoms with van der Waals surface area (Å²) < 4.78 is 29.1. The number of fused-ring (bicyclic) bond motifs is 1. The van der Waals surface area contributed by atoms with E-state index in [2.05, 4.69) is 27.6 Å². The molecule has 1 N–H and O–H groups in total. The maximum atomic E-state index is 12.2. The Kier molecular flexibility index (Phi) is 4.00. The first kappa shape index (κ1) is 14.8. The predicted octanol–water partition coefficient (Wildman–Crippen LogP) is 2.70. The van der Waals surface area contributed by atoms with Gasteiger partial charge in [-0.25, -0.2) is 13.1 Å². The number of aromatic nitrogens is 1. The van der Waals surface area contributed by atoms with Crippen LogP contribution < -0.4 is 4.72 Å². The highest BCUT2D eigenvalue weighted by molar-refractivity contribution is 7.89. The van der Waals surface area contributed by atoms with E-state index in [1.807, 2.05) is 19.2 Å². The Bertz CT molecular complexity index is 883. The molecule has 0 spiro atoms. The number of hydrogen-bond donors (Lipinski definition) is 1. The molecule has 0 aliphatic heterocycles. The fourth-order valence-electron chi connectivity index (χ4n) is 2.63. The summed E-state index contributed by atoms with van der Waals surface area (Å²) in [7, 11) is -1.43. The second-order valence-electron chi connectivity index (χ2n) is 5.24. The molecule has 0 saturated carbocycles. The standard InChI is InChI=1S/C17H18N2O2S/c1-19-13-14(16-9-5-6-10-17(16)19)11-12-18-22(20,21)15-7-3-2-4-8-15/h2-10,13,18H,11-12H2,1H3. The molecule has 0 aliphatic carbocycles. The number of nitrogens with zero attached hydrogens (tertiary/aromatic N) is 1. The van der Waals surface area contributed by atoms with Crippen LogP contribution in [0.3, 0.4) is 0 Å². The van der Waals surface area contributed by atoms with Crippen LogP contribution in [0.4, 0.5) is 0 Å². The molecule has 114 valence electrons. The first-order chi connectivity index (χ1) is 10.6. The zero-order valence-electron chi connectivity index (χ0n) is 12.4. The molecule has 2 aromatic carbocycles. The highest BCUT2D eigenvalue weighted by Gasteiger charge is 2.13. The Labute approximate surface area is 130 Å². The Morgan fingerprint density at radius 2 is 1.68 bits per heavy atom. The van der Waals surface area contributed by atoms with Gasteiger partial charge in [0, 0.05) is 30.7 Å². The van der Waals surface area contributed by atoms with Gasteiger partial charge in [-0.1, -0.05) is 36.4 Å². The van der Waals surface area contributed by atoms with Crippen LogP contribution in [0.1, 0.15) is 5.56 Å². The fourth-order valence-corrected chi connectivity index (χ4v) is 3.68. The van der Waals surface area contributed by atoms with Crippen molar-refractivity contribution in [2.75, 3.05) is 6.54 Å². The maximum Gasteiger partial charge on any atom is 0.240 e. The highest BCUT2D eigenvalue weighted by Crippen LogP contribution is 2.20. The number of aryl methyl sites for hydroxylation is 1. The topological polar surface area (TPSA) is 51.1 Å². The second kappa shape index (κ2) is 5.94. The lowest BCUT2D eigenvalue weighted by atomic mass is 10.1. The third kappa shape index (κ3) is 2.91. The summed E-state index contributed by atoms with van der Waals surface area (Å²) in [6.45, 7) is 0.380. The Morgan fingerprint density at radius 3 is 2.45 bits per heavy atom. The van der Waals surface area contributed by atoms with Gasteiger partial charge in [0.2, 0.25) is 10.0 Å². The number of sulfonamides is 1. The van der Waals surface area contributed by atoms with E-state index in [1.165, 1.54) is 5.39 Å². The molecule has 0 atom stereocenters. The summed E-state index contributed by atoms with van der Waals surface area (Å²) >= 11 is 0. The van der Waals surface area contributed by atoms with Crippen molar-refractivity contribution >= 4 is 20.9 Å². The van der Waals surface area contributed by atoms with Crippen molar-refractivity contribution < 1.29 is 8.42 Å². The van der Waals surface area contributed by atoms with E-state index in [1.54, 1.807) is 30.3 Å². The SMILES string of the molecule is Cn1cc(CCNS(=O)(=O)c2ccccc2)c2ccccc21.